The largest absolute Gasteiger partial charge is 0.264 e. The van der Waals surface area contributed by atoms with Gasteiger partial charge in [0.25, 0.3) is 0 Å². The van der Waals surface area contributed by atoms with E-state index in [2.05, 4.69) is 30.7 Å². The Morgan fingerprint density at radius 1 is 0.871 bits per heavy atom. The number of hydrogen-bond donors (Lipinski definition) is 0. The Morgan fingerprint density at radius 2 is 1.58 bits per heavy atom. The molecule has 31 heavy (non-hydrogen) atoms. The molecule has 0 unspecified atom stereocenters. The summed E-state index contributed by atoms with van der Waals surface area (Å²) >= 11 is 0. The lowest BCUT2D eigenvalue weighted by Gasteiger charge is -2.28. The minimum Gasteiger partial charge on any atom is -0.264 e. The van der Waals surface area contributed by atoms with Crippen molar-refractivity contribution in [3.05, 3.63) is 65.9 Å². The van der Waals surface area contributed by atoms with Gasteiger partial charge in [0.2, 0.25) is 0 Å². The van der Waals surface area contributed by atoms with E-state index in [4.69, 9.17) is 5.10 Å². The highest BCUT2D eigenvalue weighted by Crippen LogP contribution is 2.38. The Hall–Kier alpha value is -2.49. The molecule has 4 rings (SSSR count). The Kier molecular flexibility index (Phi) is 6.84. The van der Waals surface area contributed by atoms with E-state index in [1.54, 1.807) is 6.07 Å². The molecule has 2 aromatic carbocycles. The second-order valence-electron chi connectivity index (χ2n) is 8.89. The minimum atomic E-state index is -0.817. The third-order valence-electron chi connectivity index (χ3n) is 6.74. The predicted molar refractivity (Wildman–Crippen MR) is 123 cm³/mol. The van der Waals surface area contributed by atoms with Crippen LogP contribution in [-0.2, 0) is 13.0 Å². The topological polar surface area (TPSA) is 17.8 Å². The normalized spacial score (nSPS) is 19.0. The fourth-order valence-electron chi connectivity index (χ4n) is 4.97. The molecule has 4 heteroatoms. The van der Waals surface area contributed by atoms with Crippen molar-refractivity contribution in [1.29, 1.82) is 0 Å². The first-order valence-corrected chi connectivity index (χ1v) is 11.7. The number of rotatable bonds is 7. The van der Waals surface area contributed by atoms with Gasteiger partial charge in [-0.05, 0) is 48.8 Å². The monoisotopic (exact) mass is 422 g/mol. The highest BCUT2D eigenvalue weighted by Gasteiger charge is 2.25. The Balaban J connectivity index is 1.80. The summed E-state index contributed by atoms with van der Waals surface area (Å²) in [5, 5.41) is 5.04. The molecule has 0 amide bonds. The summed E-state index contributed by atoms with van der Waals surface area (Å²) in [5.41, 5.74) is 4.69. The molecule has 0 N–H and O–H groups in total. The molecule has 1 fully saturated rings. The van der Waals surface area contributed by atoms with Gasteiger partial charge in [-0.1, -0.05) is 75.9 Å². The highest BCUT2D eigenvalue weighted by atomic mass is 19.2. The molecule has 3 aromatic rings. The summed E-state index contributed by atoms with van der Waals surface area (Å²) in [6.07, 6.45) is 8.08. The first-order chi connectivity index (χ1) is 15.1. The summed E-state index contributed by atoms with van der Waals surface area (Å²) in [5.74, 6) is -0.167. The average Bonchev–Trinajstić information content (AvgIpc) is 3.14. The second-order valence-corrected chi connectivity index (χ2v) is 8.89. The molecule has 1 aliphatic rings. The van der Waals surface area contributed by atoms with Gasteiger partial charge in [0.05, 0.1) is 11.4 Å². The zero-order valence-electron chi connectivity index (χ0n) is 18.6. The van der Waals surface area contributed by atoms with Crippen LogP contribution in [0.1, 0.15) is 58.1 Å². The fourth-order valence-corrected chi connectivity index (χ4v) is 4.97. The second kappa shape index (κ2) is 9.76. The molecule has 164 valence electrons. The lowest BCUT2D eigenvalue weighted by Crippen LogP contribution is -2.20. The molecule has 1 saturated carbocycles. The Bertz CT molecular complexity index is 1000. The van der Waals surface area contributed by atoms with Crippen LogP contribution in [0.3, 0.4) is 0 Å². The van der Waals surface area contributed by atoms with Crippen LogP contribution in [0.5, 0.6) is 0 Å². The first kappa shape index (κ1) is 21.7. The quantitative estimate of drug-likeness (QED) is 0.382. The molecule has 0 radical (unpaired) electrons. The maximum Gasteiger partial charge on any atom is 0.159 e. The zero-order chi connectivity index (χ0) is 21.8. The molecule has 0 atom stereocenters. The Morgan fingerprint density at radius 3 is 2.23 bits per heavy atom. The molecule has 2 nitrogen and oxygen atoms in total. The average molecular weight is 423 g/mol. The van der Waals surface area contributed by atoms with Crippen LogP contribution in [0.4, 0.5) is 8.78 Å². The van der Waals surface area contributed by atoms with Crippen LogP contribution in [0, 0.1) is 23.5 Å². The van der Waals surface area contributed by atoms with Gasteiger partial charge in [-0.2, -0.15) is 5.10 Å². The standard InChI is InChI=1S/C27H32F2N2/c1-3-8-25-26(22-15-16-23(28)24(29)17-22)27(21-9-6-5-7-10-21)31(30-25)18-20-13-11-19(4-2)12-14-20/h5-7,9-10,15-17,19-20H,3-4,8,11-14,18H2,1-2H3. The minimum absolute atomic E-state index is 0.609. The molecule has 1 aliphatic carbocycles. The zero-order valence-corrected chi connectivity index (χ0v) is 18.6. The summed E-state index contributed by atoms with van der Waals surface area (Å²) in [6, 6.07) is 14.4. The van der Waals surface area contributed by atoms with Crippen molar-refractivity contribution in [2.45, 2.75) is 65.3 Å². The summed E-state index contributed by atoms with van der Waals surface area (Å²) in [7, 11) is 0. The lowest BCUT2D eigenvalue weighted by molar-refractivity contribution is 0.242. The van der Waals surface area contributed by atoms with Crippen LogP contribution >= 0.6 is 0 Å². The van der Waals surface area contributed by atoms with Crippen molar-refractivity contribution in [3.63, 3.8) is 0 Å². The summed E-state index contributed by atoms with van der Waals surface area (Å²) < 4.78 is 30.0. The van der Waals surface area contributed by atoms with Crippen molar-refractivity contribution >= 4 is 0 Å². The number of aryl methyl sites for hydroxylation is 1. The van der Waals surface area contributed by atoms with Gasteiger partial charge in [-0.15, -0.1) is 0 Å². The number of halogens is 2. The first-order valence-electron chi connectivity index (χ1n) is 11.7. The van der Waals surface area contributed by atoms with Crippen molar-refractivity contribution in [1.82, 2.24) is 9.78 Å². The van der Waals surface area contributed by atoms with Gasteiger partial charge in [0, 0.05) is 17.7 Å². The molecule has 0 saturated heterocycles. The van der Waals surface area contributed by atoms with Crippen LogP contribution in [0.15, 0.2) is 48.5 Å². The van der Waals surface area contributed by atoms with Gasteiger partial charge < -0.3 is 0 Å². The number of aromatic nitrogens is 2. The van der Waals surface area contributed by atoms with Gasteiger partial charge >= 0.3 is 0 Å². The third kappa shape index (κ3) is 4.73. The van der Waals surface area contributed by atoms with Gasteiger partial charge in [0.15, 0.2) is 11.6 Å². The van der Waals surface area contributed by atoms with Crippen LogP contribution in [-0.4, -0.2) is 9.78 Å². The van der Waals surface area contributed by atoms with E-state index in [-0.39, 0.29) is 0 Å². The fraction of sp³-hybridized carbons (Fsp3) is 0.444. The lowest BCUT2D eigenvalue weighted by atomic mass is 9.81. The smallest absolute Gasteiger partial charge is 0.159 e. The van der Waals surface area contributed by atoms with E-state index < -0.39 is 11.6 Å². The summed E-state index contributed by atoms with van der Waals surface area (Å²) in [4.78, 5) is 0. The molecule has 0 aliphatic heterocycles. The SMILES string of the molecule is CCCc1nn(CC2CCC(CC)CC2)c(-c2ccccc2)c1-c1ccc(F)c(F)c1. The number of nitrogens with zero attached hydrogens (tertiary/aromatic N) is 2. The van der Waals surface area contributed by atoms with E-state index in [1.165, 1.54) is 44.2 Å². The molecule has 1 aromatic heterocycles. The number of hydrogen-bond acceptors (Lipinski definition) is 1. The number of benzene rings is 2. The summed E-state index contributed by atoms with van der Waals surface area (Å²) in [6.45, 7) is 5.29. The van der Waals surface area contributed by atoms with Crippen molar-refractivity contribution < 1.29 is 8.78 Å². The van der Waals surface area contributed by atoms with Gasteiger partial charge in [-0.3, -0.25) is 4.68 Å². The van der Waals surface area contributed by atoms with Gasteiger partial charge in [-0.25, -0.2) is 8.78 Å². The predicted octanol–water partition coefficient (Wildman–Crippen LogP) is 7.66. The van der Waals surface area contributed by atoms with E-state index >= 15 is 0 Å². The molecule has 0 spiro atoms. The molecular formula is C27H32F2N2. The van der Waals surface area contributed by atoms with Gasteiger partial charge in [0.1, 0.15) is 0 Å². The van der Waals surface area contributed by atoms with Crippen LogP contribution in [0.2, 0.25) is 0 Å². The van der Waals surface area contributed by atoms with Crippen molar-refractivity contribution in [2.24, 2.45) is 11.8 Å². The maximum atomic E-state index is 14.2. The Labute approximate surface area is 184 Å². The van der Waals surface area contributed by atoms with E-state index in [9.17, 15) is 8.78 Å². The molecule has 1 heterocycles. The van der Waals surface area contributed by atoms with E-state index in [0.29, 0.717) is 11.5 Å². The van der Waals surface area contributed by atoms with E-state index in [1.807, 2.05) is 18.2 Å². The van der Waals surface area contributed by atoms with E-state index in [0.717, 1.165) is 47.8 Å². The van der Waals surface area contributed by atoms with Crippen molar-refractivity contribution in [2.75, 3.05) is 0 Å². The van der Waals surface area contributed by atoms with Crippen LogP contribution in [0.25, 0.3) is 22.4 Å². The molecular weight excluding hydrogens is 390 g/mol. The highest BCUT2D eigenvalue weighted by molar-refractivity contribution is 5.83. The molecule has 0 bridgehead atoms. The van der Waals surface area contributed by atoms with Crippen LogP contribution < -0.4 is 0 Å². The maximum absolute atomic E-state index is 14.2. The third-order valence-corrected chi connectivity index (χ3v) is 6.74. The van der Waals surface area contributed by atoms with Crippen molar-refractivity contribution in [3.8, 4) is 22.4 Å².